The minimum absolute atomic E-state index is 0.00474. The second-order valence-corrected chi connectivity index (χ2v) is 6.72. The van der Waals surface area contributed by atoms with E-state index in [1.54, 1.807) is 19.2 Å². The van der Waals surface area contributed by atoms with Gasteiger partial charge in [0.25, 0.3) is 0 Å². The summed E-state index contributed by atoms with van der Waals surface area (Å²) in [5, 5.41) is 4.56. The second-order valence-electron chi connectivity index (χ2n) is 6.29. The second kappa shape index (κ2) is 8.68. The minimum Gasteiger partial charge on any atom is -0.497 e. The number of nitrogen functional groups attached to an aromatic ring is 1. The van der Waals surface area contributed by atoms with Crippen molar-refractivity contribution < 1.29 is 14.1 Å². The predicted molar refractivity (Wildman–Crippen MR) is 103 cm³/mol. The number of ketones is 1. The van der Waals surface area contributed by atoms with Crippen molar-refractivity contribution in [2.45, 2.75) is 25.2 Å². The quantitative estimate of drug-likeness (QED) is 0.633. The molecule has 1 atom stereocenters. The Hall–Kier alpha value is -2.86. The third-order valence-electron chi connectivity index (χ3n) is 4.25. The van der Waals surface area contributed by atoms with Gasteiger partial charge in [0.15, 0.2) is 5.82 Å². The van der Waals surface area contributed by atoms with Crippen molar-refractivity contribution in [3.63, 3.8) is 0 Å². The van der Waals surface area contributed by atoms with Gasteiger partial charge in [-0.2, -0.15) is 4.98 Å². The van der Waals surface area contributed by atoms with Crippen LogP contribution in [0.4, 0.5) is 6.01 Å². The highest BCUT2D eigenvalue weighted by Crippen LogP contribution is 2.25. The van der Waals surface area contributed by atoms with Gasteiger partial charge in [-0.3, -0.25) is 4.79 Å². The number of aromatic nitrogens is 2. The van der Waals surface area contributed by atoms with Gasteiger partial charge in [0, 0.05) is 23.8 Å². The molecule has 0 saturated carbocycles. The lowest BCUT2D eigenvalue weighted by Crippen LogP contribution is -2.13. The molecule has 0 spiro atoms. The van der Waals surface area contributed by atoms with Crippen LogP contribution in [0.2, 0.25) is 5.02 Å². The first-order valence-electron chi connectivity index (χ1n) is 8.51. The molecule has 0 aliphatic heterocycles. The fourth-order valence-corrected chi connectivity index (χ4v) is 3.02. The summed E-state index contributed by atoms with van der Waals surface area (Å²) in [6.07, 6.45) is 1.20. The first-order chi connectivity index (χ1) is 13.0. The molecule has 0 aliphatic rings. The largest absolute Gasteiger partial charge is 0.497 e. The molecular formula is C20H20ClN3O3. The summed E-state index contributed by atoms with van der Waals surface area (Å²) in [5.74, 6) is 1.07. The molecule has 0 radical (unpaired) electrons. The first-order valence-corrected chi connectivity index (χ1v) is 8.89. The Labute approximate surface area is 162 Å². The van der Waals surface area contributed by atoms with Crippen molar-refractivity contribution in [2.75, 3.05) is 12.8 Å². The molecule has 140 valence electrons. The van der Waals surface area contributed by atoms with E-state index < -0.39 is 0 Å². The molecule has 0 saturated heterocycles. The number of ether oxygens (including phenoxy) is 1. The average Bonchev–Trinajstić information content (AvgIpc) is 3.10. The van der Waals surface area contributed by atoms with E-state index in [2.05, 4.69) is 10.1 Å². The van der Waals surface area contributed by atoms with Crippen LogP contribution < -0.4 is 10.5 Å². The lowest BCUT2D eigenvalue weighted by Gasteiger charge is -2.13. The Kier molecular flexibility index (Phi) is 6.08. The molecule has 0 fully saturated rings. The molecule has 0 amide bonds. The van der Waals surface area contributed by atoms with Gasteiger partial charge in [-0.05, 0) is 41.8 Å². The summed E-state index contributed by atoms with van der Waals surface area (Å²) in [6, 6.07) is 14.9. The van der Waals surface area contributed by atoms with Crippen LogP contribution in [0.3, 0.4) is 0 Å². The van der Waals surface area contributed by atoms with Gasteiger partial charge in [0.2, 0.25) is 0 Å². The molecule has 1 unspecified atom stereocenters. The van der Waals surface area contributed by atoms with E-state index >= 15 is 0 Å². The maximum Gasteiger partial charge on any atom is 0.318 e. The predicted octanol–water partition coefficient (Wildman–Crippen LogP) is 3.84. The van der Waals surface area contributed by atoms with E-state index in [4.69, 9.17) is 26.6 Å². The zero-order valence-corrected chi connectivity index (χ0v) is 15.6. The van der Waals surface area contributed by atoms with Crippen molar-refractivity contribution in [2.24, 2.45) is 0 Å². The zero-order chi connectivity index (χ0) is 19.2. The molecule has 0 aliphatic carbocycles. The van der Waals surface area contributed by atoms with Crippen LogP contribution in [0.1, 0.15) is 29.3 Å². The fourth-order valence-electron chi connectivity index (χ4n) is 2.89. The van der Waals surface area contributed by atoms with E-state index in [1.807, 2.05) is 36.4 Å². The third kappa shape index (κ3) is 5.31. The molecular weight excluding hydrogens is 366 g/mol. The number of carbonyl (C=O) groups excluding carboxylic acids is 1. The van der Waals surface area contributed by atoms with Crippen molar-refractivity contribution in [1.82, 2.24) is 10.1 Å². The van der Waals surface area contributed by atoms with Crippen LogP contribution >= 0.6 is 11.6 Å². The molecule has 2 N–H and O–H groups in total. The maximum absolute atomic E-state index is 12.6. The molecule has 3 aromatic rings. The number of anilines is 1. The van der Waals surface area contributed by atoms with Gasteiger partial charge in [0.1, 0.15) is 11.5 Å². The Bertz CT molecular complexity index is 892. The van der Waals surface area contributed by atoms with Crippen LogP contribution in [0.5, 0.6) is 5.75 Å². The van der Waals surface area contributed by atoms with Gasteiger partial charge >= 0.3 is 6.01 Å². The standard InChI is InChI=1S/C20H20ClN3O3/c1-26-18-8-4-13(5-9-18)10-15(19-23-20(22)27-24-19)12-17(25)11-14-2-6-16(21)7-3-14/h2-9,15H,10-12H2,1H3,(H2,22,23,24). The molecule has 2 aromatic carbocycles. The number of halogens is 1. The normalized spacial score (nSPS) is 11.9. The number of carbonyl (C=O) groups is 1. The number of benzene rings is 2. The number of nitrogens with two attached hydrogens (primary N) is 1. The molecule has 6 nitrogen and oxygen atoms in total. The highest BCUT2D eigenvalue weighted by Gasteiger charge is 2.22. The fraction of sp³-hybridized carbons (Fsp3) is 0.250. The average molecular weight is 386 g/mol. The van der Waals surface area contributed by atoms with E-state index in [-0.39, 0.29) is 24.1 Å². The van der Waals surface area contributed by atoms with E-state index in [0.29, 0.717) is 23.7 Å². The van der Waals surface area contributed by atoms with Crippen LogP contribution in [0, 0.1) is 0 Å². The van der Waals surface area contributed by atoms with Crippen molar-refractivity contribution in [3.05, 3.63) is 70.5 Å². The SMILES string of the molecule is COc1ccc(CC(CC(=O)Cc2ccc(Cl)cc2)c2noc(N)n2)cc1. The van der Waals surface area contributed by atoms with Crippen LogP contribution in [-0.4, -0.2) is 23.0 Å². The molecule has 0 bridgehead atoms. The number of Topliss-reactive ketones (excluding diaryl/α,β-unsaturated/α-hetero) is 1. The molecule has 1 heterocycles. The Morgan fingerprint density at radius 2 is 1.81 bits per heavy atom. The monoisotopic (exact) mass is 385 g/mol. The minimum atomic E-state index is -0.223. The van der Waals surface area contributed by atoms with Gasteiger partial charge in [-0.1, -0.05) is 41.0 Å². The lowest BCUT2D eigenvalue weighted by atomic mass is 9.91. The van der Waals surface area contributed by atoms with Crippen molar-refractivity contribution in [1.29, 1.82) is 0 Å². The van der Waals surface area contributed by atoms with E-state index in [1.165, 1.54) is 0 Å². The van der Waals surface area contributed by atoms with Crippen molar-refractivity contribution >= 4 is 23.4 Å². The lowest BCUT2D eigenvalue weighted by molar-refractivity contribution is -0.118. The van der Waals surface area contributed by atoms with Gasteiger partial charge in [0.05, 0.1) is 7.11 Å². The third-order valence-corrected chi connectivity index (χ3v) is 4.50. The van der Waals surface area contributed by atoms with Crippen LogP contribution in [0.25, 0.3) is 0 Å². The number of hydrogen-bond donors (Lipinski definition) is 1. The number of rotatable bonds is 8. The summed E-state index contributed by atoms with van der Waals surface area (Å²) in [6.45, 7) is 0. The summed E-state index contributed by atoms with van der Waals surface area (Å²) in [4.78, 5) is 16.7. The number of hydrogen-bond acceptors (Lipinski definition) is 6. The molecule has 27 heavy (non-hydrogen) atoms. The summed E-state index contributed by atoms with van der Waals surface area (Å²) < 4.78 is 10.1. The van der Waals surface area contributed by atoms with Gasteiger partial charge < -0.3 is 15.0 Å². The summed E-state index contributed by atoms with van der Waals surface area (Å²) >= 11 is 5.89. The van der Waals surface area contributed by atoms with Gasteiger partial charge in [-0.15, -0.1) is 0 Å². The smallest absolute Gasteiger partial charge is 0.318 e. The highest BCUT2D eigenvalue weighted by atomic mass is 35.5. The highest BCUT2D eigenvalue weighted by molar-refractivity contribution is 6.30. The maximum atomic E-state index is 12.6. The number of methoxy groups -OCH3 is 1. The summed E-state index contributed by atoms with van der Waals surface area (Å²) in [7, 11) is 1.62. The van der Waals surface area contributed by atoms with Crippen LogP contribution in [-0.2, 0) is 17.6 Å². The van der Waals surface area contributed by atoms with Crippen molar-refractivity contribution in [3.8, 4) is 5.75 Å². The molecule has 1 aromatic heterocycles. The Morgan fingerprint density at radius 1 is 1.15 bits per heavy atom. The topological polar surface area (TPSA) is 91.2 Å². The Morgan fingerprint density at radius 3 is 2.41 bits per heavy atom. The first kappa shape index (κ1) is 18.9. The summed E-state index contributed by atoms with van der Waals surface area (Å²) in [5.41, 5.74) is 7.52. The van der Waals surface area contributed by atoms with Gasteiger partial charge in [-0.25, -0.2) is 0 Å². The van der Waals surface area contributed by atoms with Crippen LogP contribution in [0.15, 0.2) is 53.1 Å². The number of nitrogens with zero attached hydrogens (tertiary/aromatic N) is 2. The molecule has 7 heteroatoms. The zero-order valence-electron chi connectivity index (χ0n) is 14.9. The van der Waals surface area contributed by atoms with E-state index in [0.717, 1.165) is 16.9 Å². The Balaban J connectivity index is 1.73. The van der Waals surface area contributed by atoms with E-state index in [9.17, 15) is 4.79 Å². The molecule has 3 rings (SSSR count).